The van der Waals surface area contributed by atoms with Crippen molar-refractivity contribution in [3.05, 3.63) is 42.5 Å². The van der Waals surface area contributed by atoms with Gasteiger partial charge in [0.25, 0.3) is 0 Å². The third-order valence-electron chi connectivity index (χ3n) is 5.13. The first-order valence-electron chi connectivity index (χ1n) is 10.8. The van der Waals surface area contributed by atoms with Crippen LogP contribution in [-0.2, 0) is 14.3 Å². The Morgan fingerprint density at radius 2 is 1.71 bits per heavy atom. The van der Waals surface area contributed by atoms with Crippen molar-refractivity contribution in [1.29, 1.82) is 0 Å². The van der Waals surface area contributed by atoms with Crippen molar-refractivity contribution in [2.24, 2.45) is 0 Å². The summed E-state index contributed by atoms with van der Waals surface area (Å²) in [6.07, 6.45) is 2.21. The van der Waals surface area contributed by atoms with Crippen molar-refractivity contribution in [2.45, 2.75) is 27.6 Å². The second-order valence-corrected chi connectivity index (χ2v) is 12.2. The van der Waals surface area contributed by atoms with E-state index in [4.69, 9.17) is 4.74 Å². The molecule has 1 saturated heterocycles. The summed E-state index contributed by atoms with van der Waals surface area (Å²) in [4.78, 5) is 33.7. The van der Waals surface area contributed by atoms with Gasteiger partial charge in [0.2, 0.25) is 11.8 Å². The smallest absolute Gasteiger partial charge is 0.234 e. The van der Waals surface area contributed by atoms with Gasteiger partial charge in [0.1, 0.15) is 0 Å². The zero-order valence-electron chi connectivity index (χ0n) is 18.1. The summed E-state index contributed by atoms with van der Waals surface area (Å²) in [5, 5.41) is 5.88. The number of thioether (sulfide) groups is 2. The lowest BCUT2D eigenvalue weighted by Gasteiger charge is -2.09. The Balaban J connectivity index is 1.11. The Labute approximate surface area is 213 Å². The fraction of sp³-hybridized carbons (Fsp3) is 0.304. The predicted molar refractivity (Wildman–Crippen MR) is 141 cm³/mol. The molecule has 3 heterocycles. The molecule has 34 heavy (non-hydrogen) atoms. The molecule has 176 valence electrons. The van der Waals surface area contributed by atoms with Crippen molar-refractivity contribution in [1.82, 2.24) is 15.3 Å². The highest BCUT2D eigenvalue weighted by Gasteiger charge is 2.16. The second kappa shape index (κ2) is 11.0. The Kier molecular flexibility index (Phi) is 7.65. The van der Waals surface area contributed by atoms with Gasteiger partial charge in [-0.1, -0.05) is 35.7 Å². The van der Waals surface area contributed by atoms with Gasteiger partial charge in [-0.25, -0.2) is 9.97 Å². The molecule has 4 aromatic rings. The van der Waals surface area contributed by atoms with Crippen molar-refractivity contribution in [2.75, 3.05) is 30.0 Å². The molecule has 0 aliphatic carbocycles. The highest BCUT2D eigenvalue weighted by Crippen LogP contribution is 2.32. The van der Waals surface area contributed by atoms with E-state index < -0.39 is 0 Å². The number of fused-ring (bicyclic) bond motifs is 2. The number of hydrogen-bond donors (Lipinski definition) is 2. The minimum Gasteiger partial charge on any atom is -0.376 e. The van der Waals surface area contributed by atoms with Crippen LogP contribution < -0.4 is 10.6 Å². The molecule has 7 nitrogen and oxygen atoms in total. The number of anilines is 1. The van der Waals surface area contributed by atoms with E-state index in [0.29, 0.717) is 18.1 Å². The number of carbonyl (C=O) groups excluding carboxylic acids is 2. The number of carbonyl (C=O) groups is 2. The van der Waals surface area contributed by atoms with Crippen LogP contribution in [0.3, 0.4) is 0 Å². The summed E-state index contributed by atoms with van der Waals surface area (Å²) in [5.74, 6) is 0.519. The maximum atomic E-state index is 12.5. The van der Waals surface area contributed by atoms with E-state index in [0.717, 1.165) is 54.2 Å². The van der Waals surface area contributed by atoms with Crippen LogP contribution in [0.25, 0.3) is 20.4 Å². The van der Waals surface area contributed by atoms with E-state index in [2.05, 4.69) is 20.6 Å². The van der Waals surface area contributed by atoms with Crippen LogP contribution in [0, 0.1) is 0 Å². The molecule has 0 bridgehead atoms. The van der Waals surface area contributed by atoms with Crippen molar-refractivity contribution in [3.8, 4) is 0 Å². The maximum absolute atomic E-state index is 12.5. The molecule has 0 spiro atoms. The predicted octanol–water partition coefficient (Wildman–Crippen LogP) is 5.02. The monoisotopic (exact) mass is 530 g/mol. The van der Waals surface area contributed by atoms with Crippen LogP contribution in [0.15, 0.2) is 51.1 Å². The molecular weight excluding hydrogens is 509 g/mol. The summed E-state index contributed by atoms with van der Waals surface area (Å²) >= 11 is 5.97. The lowest BCUT2D eigenvalue weighted by molar-refractivity contribution is -0.119. The average Bonchev–Trinajstić information content (AvgIpc) is 3.59. The fourth-order valence-electron chi connectivity index (χ4n) is 3.49. The van der Waals surface area contributed by atoms with Crippen LogP contribution in [0.4, 0.5) is 5.69 Å². The highest BCUT2D eigenvalue weighted by atomic mass is 32.2. The number of ether oxygens (including phenoxy) is 1. The zero-order valence-corrected chi connectivity index (χ0v) is 21.4. The minimum absolute atomic E-state index is 0.0154. The van der Waals surface area contributed by atoms with Crippen LogP contribution in [0.5, 0.6) is 0 Å². The van der Waals surface area contributed by atoms with E-state index in [1.165, 1.54) is 34.9 Å². The number of hydrogen-bond acceptors (Lipinski definition) is 9. The number of thiazole rings is 2. The number of benzene rings is 2. The zero-order chi connectivity index (χ0) is 23.3. The van der Waals surface area contributed by atoms with Crippen molar-refractivity contribution >= 4 is 84.1 Å². The molecule has 2 aromatic heterocycles. The van der Waals surface area contributed by atoms with Gasteiger partial charge in [0.15, 0.2) is 8.68 Å². The molecule has 11 heteroatoms. The molecule has 0 saturated carbocycles. The molecular formula is C23H22N4O3S4. The van der Waals surface area contributed by atoms with E-state index in [9.17, 15) is 9.59 Å². The van der Waals surface area contributed by atoms with Crippen molar-refractivity contribution < 1.29 is 14.3 Å². The normalized spacial score (nSPS) is 15.7. The second-order valence-electron chi connectivity index (χ2n) is 7.67. The Hall–Kier alpha value is -2.18. The average molecular weight is 531 g/mol. The standard InChI is InChI=1S/C23H22N4O3S4/c28-20(24-11-15-4-3-9-30-15)12-31-23-27-17-8-7-14(10-19(17)34-23)25-21(29)13-32-22-26-16-5-1-2-6-18(16)33-22/h1-2,5-8,10,15H,3-4,9,11-13H2,(H,24,28)(H,25,29)/t15-/m0/s1. The van der Waals surface area contributed by atoms with Crippen LogP contribution in [0.2, 0.25) is 0 Å². The summed E-state index contributed by atoms with van der Waals surface area (Å²) in [6, 6.07) is 13.6. The van der Waals surface area contributed by atoms with E-state index in [1.807, 2.05) is 42.5 Å². The van der Waals surface area contributed by atoms with Crippen molar-refractivity contribution in [3.63, 3.8) is 0 Å². The quantitative estimate of drug-likeness (QED) is 0.293. The summed E-state index contributed by atoms with van der Waals surface area (Å²) in [6.45, 7) is 1.35. The van der Waals surface area contributed by atoms with Crippen LogP contribution in [0.1, 0.15) is 12.8 Å². The Bertz CT molecular complexity index is 1280. The third-order valence-corrected chi connectivity index (χ3v) is 9.47. The summed E-state index contributed by atoms with van der Waals surface area (Å²) in [5.41, 5.74) is 2.55. The first-order valence-corrected chi connectivity index (χ1v) is 14.4. The fourth-order valence-corrected chi connectivity index (χ4v) is 7.30. The molecule has 5 rings (SSSR count). The molecule has 1 atom stereocenters. The number of nitrogens with one attached hydrogen (secondary N) is 2. The summed E-state index contributed by atoms with van der Waals surface area (Å²) < 4.78 is 9.34. The molecule has 0 unspecified atom stereocenters. The number of rotatable bonds is 9. The number of aromatic nitrogens is 2. The van der Waals surface area contributed by atoms with Gasteiger partial charge < -0.3 is 15.4 Å². The topological polar surface area (TPSA) is 93.2 Å². The molecule has 2 amide bonds. The Morgan fingerprint density at radius 3 is 2.47 bits per heavy atom. The molecule has 1 fully saturated rings. The van der Waals surface area contributed by atoms with Gasteiger partial charge in [-0.05, 0) is 43.2 Å². The van der Waals surface area contributed by atoms with Gasteiger partial charge in [-0.2, -0.15) is 0 Å². The van der Waals surface area contributed by atoms with E-state index in [1.54, 1.807) is 11.3 Å². The number of para-hydroxylation sites is 1. The van der Waals surface area contributed by atoms with Gasteiger partial charge in [0, 0.05) is 18.8 Å². The largest absolute Gasteiger partial charge is 0.376 e. The van der Waals surface area contributed by atoms with Crippen LogP contribution in [-0.4, -0.2) is 52.5 Å². The number of nitrogens with zero attached hydrogens (tertiary/aromatic N) is 2. The first-order chi connectivity index (χ1) is 16.6. The Morgan fingerprint density at radius 1 is 0.971 bits per heavy atom. The van der Waals surface area contributed by atoms with Gasteiger partial charge in [0.05, 0.1) is 38.0 Å². The molecule has 1 aliphatic rings. The van der Waals surface area contributed by atoms with E-state index >= 15 is 0 Å². The van der Waals surface area contributed by atoms with Crippen LogP contribution >= 0.6 is 46.2 Å². The molecule has 0 radical (unpaired) electrons. The molecule has 2 aromatic carbocycles. The lowest BCUT2D eigenvalue weighted by Crippen LogP contribution is -2.32. The SMILES string of the molecule is O=C(CSc1nc2ccc(NC(=O)CSc3nc4ccccc4s3)cc2s1)NC[C@@H]1CCCO1. The lowest BCUT2D eigenvalue weighted by atomic mass is 10.2. The van der Waals surface area contributed by atoms with Gasteiger partial charge >= 0.3 is 0 Å². The molecule has 2 N–H and O–H groups in total. The van der Waals surface area contributed by atoms with E-state index in [-0.39, 0.29) is 17.9 Å². The van der Waals surface area contributed by atoms with Gasteiger partial charge in [-0.3, -0.25) is 9.59 Å². The minimum atomic E-state index is -0.0781. The first kappa shape index (κ1) is 23.6. The highest BCUT2D eigenvalue weighted by molar-refractivity contribution is 8.02. The third kappa shape index (κ3) is 6.08. The van der Waals surface area contributed by atoms with Gasteiger partial charge in [-0.15, -0.1) is 22.7 Å². The number of amides is 2. The molecule has 1 aliphatic heterocycles. The summed E-state index contributed by atoms with van der Waals surface area (Å²) in [7, 11) is 0. The maximum Gasteiger partial charge on any atom is 0.234 e.